The van der Waals surface area contributed by atoms with Crippen LogP contribution in [0.15, 0.2) is 23.1 Å². The largest absolute Gasteiger partial charge is 0.477 e. The molecule has 0 amide bonds. The summed E-state index contributed by atoms with van der Waals surface area (Å²) in [4.78, 5) is 28.7. The van der Waals surface area contributed by atoms with E-state index < -0.39 is 11.4 Å². The predicted molar refractivity (Wildman–Crippen MR) is 54.3 cm³/mol. The van der Waals surface area contributed by atoms with Crippen LogP contribution in [0.25, 0.3) is 11.0 Å². The molecule has 15 heavy (non-hydrogen) atoms. The van der Waals surface area contributed by atoms with Crippen molar-refractivity contribution in [3.8, 4) is 0 Å². The van der Waals surface area contributed by atoms with Crippen molar-refractivity contribution in [2.75, 3.05) is 0 Å². The summed E-state index contributed by atoms with van der Waals surface area (Å²) < 4.78 is 0. The van der Waals surface area contributed by atoms with Crippen LogP contribution in [0, 0.1) is 0 Å². The van der Waals surface area contributed by atoms with Gasteiger partial charge in [0.1, 0.15) is 16.4 Å². The SMILES string of the molecule is O=C(O)c1c[nH]c2nc(Cl)ccc2c1=O. The Hall–Kier alpha value is -1.88. The molecule has 0 aliphatic carbocycles. The third kappa shape index (κ3) is 1.57. The van der Waals surface area contributed by atoms with E-state index in [9.17, 15) is 9.59 Å². The lowest BCUT2D eigenvalue weighted by Gasteiger charge is -1.98. The van der Waals surface area contributed by atoms with Gasteiger partial charge in [-0.25, -0.2) is 9.78 Å². The van der Waals surface area contributed by atoms with Crippen LogP contribution in [0.5, 0.6) is 0 Å². The Morgan fingerprint density at radius 3 is 2.87 bits per heavy atom. The van der Waals surface area contributed by atoms with Crippen molar-refractivity contribution >= 4 is 28.6 Å². The summed E-state index contributed by atoms with van der Waals surface area (Å²) in [5.74, 6) is -1.27. The predicted octanol–water partition coefficient (Wildman–Crippen LogP) is 1.27. The van der Waals surface area contributed by atoms with Gasteiger partial charge in [0.05, 0.1) is 5.39 Å². The van der Waals surface area contributed by atoms with Gasteiger partial charge in [0.25, 0.3) is 0 Å². The van der Waals surface area contributed by atoms with Crippen LogP contribution in [-0.2, 0) is 0 Å². The first-order valence-electron chi connectivity index (χ1n) is 4.01. The lowest BCUT2D eigenvalue weighted by Crippen LogP contribution is -2.15. The van der Waals surface area contributed by atoms with Gasteiger partial charge in [0, 0.05) is 6.20 Å². The fourth-order valence-electron chi connectivity index (χ4n) is 1.24. The minimum absolute atomic E-state index is 0.208. The smallest absolute Gasteiger partial charge is 0.341 e. The number of halogens is 1. The molecule has 2 rings (SSSR count). The fraction of sp³-hybridized carbons (Fsp3) is 0. The molecular formula is C9H5ClN2O3. The molecule has 0 unspecified atom stereocenters. The zero-order valence-corrected chi connectivity index (χ0v) is 8.08. The molecule has 0 saturated heterocycles. The summed E-state index contributed by atoms with van der Waals surface area (Å²) in [6.07, 6.45) is 1.11. The van der Waals surface area contributed by atoms with Crippen molar-refractivity contribution in [2.45, 2.75) is 0 Å². The summed E-state index contributed by atoms with van der Waals surface area (Å²) in [5, 5.41) is 9.16. The summed E-state index contributed by atoms with van der Waals surface area (Å²) in [5.41, 5.74) is -0.607. The third-order valence-electron chi connectivity index (χ3n) is 1.93. The van der Waals surface area contributed by atoms with Crippen molar-refractivity contribution in [3.05, 3.63) is 39.3 Å². The quantitative estimate of drug-likeness (QED) is 0.715. The minimum Gasteiger partial charge on any atom is -0.477 e. The molecule has 6 heteroatoms. The topological polar surface area (TPSA) is 83.0 Å². The van der Waals surface area contributed by atoms with Gasteiger partial charge in [0.15, 0.2) is 0 Å². The number of nitrogens with one attached hydrogen (secondary N) is 1. The van der Waals surface area contributed by atoms with Crippen LogP contribution in [-0.4, -0.2) is 21.0 Å². The molecule has 0 bridgehead atoms. The van der Waals surface area contributed by atoms with Gasteiger partial charge in [-0.15, -0.1) is 0 Å². The maximum absolute atomic E-state index is 11.6. The Morgan fingerprint density at radius 2 is 2.20 bits per heavy atom. The minimum atomic E-state index is -1.27. The van der Waals surface area contributed by atoms with Gasteiger partial charge >= 0.3 is 5.97 Å². The van der Waals surface area contributed by atoms with Crippen molar-refractivity contribution in [1.82, 2.24) is 9.97 Å². The van der Waals surface area contributed by atoms with Crippen LogP contribution in [0.1, 0.15) is 10.4 Å². The molecule has 0 spiro atoms. The molecule has 0 atom stereocenters. The van der Waals surface area contributed by atoms with Crippen molar-refractivity contribution in [2.24, 2.45) is 0 Å². The Kier molecular flexibility index (Phi) is 2.17. The average Bonchev–Trinajstić information content (AvgIpc) is 2.17. The molecule has 0 aromatic carbocycles. The molecule has 0 saturated carbocycles. The molecular weight excluding hydrogens is 220 g/mol. The van der Waals surface area contributed by atoms with Crippen LogP contribution in [0.4, 0.5) is 0 Å². The number of hydrogen-bond donors (Lipinski definition) is 2. The number of hydrogen-bond acceptors (Lipinski definition) is 3. The maximum atomic E-state index is 11.6. The first kappa shape index (κ1) is 9.67. The molecule has 0 fully saturated rings. The number of aromatic carboxylic acids is 1. The number of pyridine rings is 2. The van der Waals surface area contributed by atoms with Crippen molar-refractivity contribution in [1.29, 1.82) is 0 Å². The molecule has 76 valence electrons. The van der Waals surface area contributed by atoms with Gasteiger partial charge in [-0.1, -0.05) is 11.6 Å². The summed E-state index contributed by atoms with van der Waals surface area (Å²) in [7, 11) is 0. The maximum Gasteiger partial charge on any atom is 0.341 e. The second kappa shape index (κ2) is 3.36. The molecule has 2 aromatic heterocycles. The number of carboxylic acid groups (broad SMARTS) is 1. The van der Waals surface area contributed by atoms with Crippen molar-refractivity contribution < 1.29 is 9.90 Å². The number of aromatic nitrogens is 2. The summed E-state index contributed by atoms with van der Waals surface area (Å²) in [6.45, 7) is 0. The van der Waals surface area contributed by atoms with Crippen LogP contribution < -0.4 is 5.43 Å². The standard InChI is InChI=1S/C9H5ClN2O3/c10-6-2-1-4-7(13)5(9(14)15)3-11-8(4)12-6/h1-3H,(H,14,15)(H,11,12,13). The number of H-pyrrole nitrogens is 1. The Bertz CT molecular complexity index is 606. The van der Waals surface area contributed by atoms with Gasteiger partial charge < -0.3 is 10.1 Å². The number of rotatable bonds is 1. The highest BCUT2D eigenvalue weighted by Crippen LogP contribution is 2.10. The lowest BCUT2D eigenvalue weighted by atomic mass is 10.2. The highest BCUT2D eigenvalue weighted by molar-refractivity contribution is 6.29. The van der Waals surface area contributed by atoms with E-state index in [1.807, 2.05) is 0 Å². The number of carbonyl (C=O) groups is 1. The normalized spacial score (nSPS) is 10.5. The van der Waals surface area contributed by atoms with Crippen molar-refractivity contribution in [3.63, 3.8) is 0 Å². The fourth-order valence-corrected chi connectivity index (χ4v) is 1.39. The molecule has 5 nitrogen and oxygen atoms in total. The molecule has 2 aromatic rings. The van der Waals surface area contributed by atoms with E-state index in [0.717, 1.165) is 6.20 Å². The second-order valence-corrected chi connectivity index (χ2v) is 3.25. The second-order valence-electron chi connectivity index (χ2n) is 2.87. The van der Waals surface area contributed by atoms with E-state index in [-0.39, 0.29) is 21.7 Å². The monoisotopic (exact) mass is 224 g/mol. The summed E-state index contributed by atoms with van der Waals surface area (Å²) >= 11 is 5.62. The Balaban J connectivity index is 2.86. The van der Waals surface area contributed by atoms with Crippen LogP contribution >= 0.6 is 11.6 Å². The van der Waals surface area contributed by atoms with E-state index in [1.165, 1.54) is 12.1 Å². The van der Waals surface area contributed by atoms with E-state index in [2.05, 4.69) is 9.97 Å². The highest BCUT2D eigenvalue weighted by atomic mass is 35.5. The first-order valence-corrected chi connectivity index (χ1v) is 4.38. The van der Waals surface area contributed by atoms with Crippen LogP contribution in [0.2, 0.25) is 5.15 Å². The number of nitrogens with zero attached hydrogens (tertiary/aromatic N) is 1. The summed E-state index contributed by atoms with van der Waals surface area (Å²) in [6, 6.07) is 2.88. The Labute approximate surface area is 88.3 Å². The van der Waals surface area contributed by atoms with Gasteiger partial charge in [0.2, 0.25) is 5.43 Å². The van der Waals surface area contributed by atoms with E-state index in [0.29, 0.717) is 0 Å². The van der Waals surface area contributed by atoms with E-state index in [1.54, 1.807) is 0 Å². The zero-order chi connectivity index (χ0) is 11.0. The zero-order valence-electron chi connectivity index (χ0n) is 7.32. The van der Waals surface area contributed by atoms with Gasteiger partial charge in [-0.05, 0) is 12.1 Å². The molecule has 2 heterocycles. The van der Waals surface area contributed by atoms with E-state index >= 15 is 0 Å². The third-order valence-corrected chi connectivity index (χ3v) is 2.14. The highest BCUT2D eigenvalue weighted by Gasteiger charge is 2.11. The number of carboxylic acids is 1. The van der Waals surface area contributed by atoms with Gasteiger partial charge in [-0.3, -0.25) is 4.79 Å². The van der Waals surface area contributed by atoms with Crippen LogP contribution in [0.3, 0.4) is 0 Å². The molecule has 2 N–H and O–H groups in total. The first-order chi connectivity index (χ1) is 7.09. The lowest BCUT2D eigenvalue weighted by molar-refractivity contribution is 0.0695. The molecule has 0 aliphatic heterocycles. The average molecular weight is 225 g/mol. The van der Waals surface area contributed by atoms with Gasteiger partial charge in [-0.2, -0.15) is 0 Å². The Morgan fingerprint density at radius 1 is 1.47 bits per heavy atom. The number of aromatic amines is 1. The van der Waals surface area contributed by atoms with E-state index in [4.69, 9.17) is 16.7 Å². The molecule has 0 radical (unpaired) electrons. The molecule has 0 aliphatic rings. The number of fused-ring (bicyclic) bond motifs is 1.